The van der Waals surface area contributed by atoms with Crippen molar-refractivity contribution in [1.82, 2.24) is 5.32 Å². The van der Waals surface area contributed by atoms with Crippen LogP contribution in [0.25, 0.3) is 0 Å². The van der Waals surface area contributed by atoms with Crippen molar-refractivity contribution in [3.8, 4) is 0 Å². The Kier molecular flexibility index (Phi) is 5.80. The molecule has 0 spiro atoms. The molecular weight excluding hydrogens is 260 g/mol. The maximum atomic E-state index is 12.0. The Bertz CT molecular complexity index is 484. The van der Waals surface area contributed by atoms with E-state index in [1.165, 1.54) is 42.4 Å². The summed E-state index contributed by atoms with van der Waals surface area (Å²) in [5, 5.41) is 3.07. The fourth-order valence-corrected chi connectivity index (χ4v) is 3.12. The fourth-order valence-electron chi connectivity index (χ4n) is 3.12. The third-order valence-corrected chi connectivity index (χ3v) is 4.36. The Balaban J connectivity index is 1.93. The van der Waals surface area contributed by atoms with Gasteiger partial charge in [-0.05, 0) is 55.7 Å². The summed E-state index contributed by atoms with van der Waals surface area (Å²) in [5.41, 5.74) is 10.1. The molecule has 0 fully saturated rings. The predicted molar refractivity (Wildman–Crippen MR) is 87.1 cm³/mol. The molecule has 0 saturated carbocycles. The average Bonchev–Trinajstić information content (AvgIpc) is 2.46. The van der Waals surface area contributed by atoms with Crippen molar-refractivity contribution in [2.75, 3.05) is 0 Å². The normalized spacial score (nSPS) is 16.9. The Morgan fingerprint density at radius 1 is 1.29 bits per heavy atom. The van der Waals surface area contributed by atoms with Gasteiger partial charge in [0.05, 0.1) is 6.04 Å². The van der Waals surface area contributed by atoms with Crippen molar-refractivity contribution >= 4 is 5.91 Å². The molecule has 1 aliphatic carbocycles. The van der Waals surface area contributed by atoms with E-state index in [0.29, 0.717) is 6.42 Å². The van der Waals surface area contributed by atoms with Crippen LogP contribution in [0.2, 0.25) is 0 Å². The zero-order valence-corrected chi connectivity index (χ0v) is 13.3. The molecule has 2 unspecified atom stereocenters. The van der Waals surface area contributed by atoms with Crippen molar-refractivity contribution in [2.24, 2.45) is 5.73 Å². The summed E-state index contributed by atoms with van der Waals surface area (Å²) >= 11 is 0. The monoisotopic (exact) mass is 288 g/mol. The summed E-state index contributed by atoms with van der Waals surface area (Å²) in [6, 6.07) is 6.69. The van der Waals surface area contributed by atoms with Gasteiger partial charge in [0.15, 0.2) is 0 Å². The van der Waals surface area contributed by atoms with Gasteiger partial charge in [-0.1, -0.05) is 31.5 Å². The van der Waals surface area contributed by atoms with E-state index in [2.05, 4.69) is 30.4 Å². The number of fused-ring (bicyclic) bond motifs is 1. The molecule has 0 aliphatic heterocycles. The first-order chi connectivity index (χ1) is 10.1. The van der Waals surface area contributed by atoms with Crippen LogP contribution in [0.15, 0.2) is 18.2 Å². The Labute approximate surface area is 128 Å². The largest absolute Gasteiger partial charge is 0.350 e. The van der Waals surface area contributed by atoms with E-state index in [4.69, 9.17) is 5.73 Å². The lowest BCUT2D eigenvalue weighted by Gasteiger charge is -2.20. The number of benzene rings is 1. The van der Waals surface area contributed by atoms with Crippen LogP contribution in [-0.4, -0.2) is 11.9 Å². The lowest BCUT2D eigenvalue weighted by atomic mass is 9.89. The number of nitrogens with one attached hydrogen (secondary N) is 1. The summed E-state index contributed by atoms with van der Waals surface area (Å²) in [6.45, 7) is 4.14. The van der Waals surface area contributed by atoms with Crippen molar-refractivity contribution in [2.45, 2.75) is 70.9 Å². The molecular formula is C18H28N2O. The lowest BCUT2D eigenvalue weighted by molar-refractivity contribution is -0.122. The van der Waals surface area contributed by atoms with Crippen LogP contribution >= 0.6 is 0 Å². The van der Waals surface area contributed by atoms with E-state index < -0.39 is 0 Å². The van der Waals surface area contributed by atoms with E-state index in [0.717, 1.165) is 12.8 Å². The topological polar surface area (TPSA) is 55.1 Å². The number of rotatable bonds is 6. The molecule has 0 radical (unpaired) electrons. The zero-order chi connectivity index (χ0) is 15.2. The van der Waals surface area contributed by atoms with Gasteiger partial charge in [0.25, 0.3) is 0 Å². The van der Waals surface area contributed by atoms with E-state index in [1.54, 1.807) is 0 Å². The van der Waals surface area contributed by atoms with Gasteiger partial charge < -0.3 is 11.1 Å². The van der Waals surface area contributed by atoms with E-state index in [1.807, 2.05) is 6.92 Å². The van der Waals surface area contributed by atoms with Gasteiger partial charge in [-0.3, -0.25) is 4.79 Å². The first-order valence-electron chi connectivity index (χ1n) is 8.26. The minimum atomic E-state index is -0.0225. The highest BCUT2D eigenvalue weighted by atomic mass is 16.1. The number of carbonyl (C=O) groups excluding carboxylic acids is 1. The van der Waals surface area contributed by atoms with Crippen molar-refractivity contribution in [3.05, 3.63) is 34.9 Å². The second-order valence-corrected chi connectivity index (χ2v) is 6.28. The summed E-state index contributed by atoms with van der Waals surface area (Å²) in [5.74, 6) is 0.0566. The maximum Gasteiger partial charge on any atom is 0.222 e. The quantitative estimate of drug-likeness (QED) is 0.844. The first kappa shape index (κ1) is 16.0. The minimum Gasteiger partial charge on any atom is -0.350 e. The third kappa shape index (κ3) is 4.57. The van der Waals surface area contributed by atoms with Gasteiger partial charge in [-0.15, -0.1) is 0 Å². The summed E-state index contributed by atoms with van der Waals surface area (Å²) in [6.07, 6.45) is 7.29. The molecule has 1 aromatic carbocycles. The molecule has 3 N–H and O–H groups in total. The lowest BCUT2D eigenvalue weighted by Crippen LogP contribution is -2.33. The molecule has 0 heterocycles. The second-order valence-electron chi connectivity index (χ2n) is 6.28. The van der Waals surface area contributed by atoms with Crippen LogP contribution in [-0.2, 0) is 17.6 Å². The Morgan fingerprint density at radius 2 is 2.00 bits per heavy atom. The molecule has 2 atom stereocenters. The van der Waals surface area contributed by atoms with Crippen molar-refractivity contribution in [3.63, 3.8) is 0 Å². The van der Waals surface area contributed by atoms with Crippen LogP contribution in [0.5, 0.6) is 0 Å². The average molecular weight is 288 g/mol. The molecule has 2 rings (SSSR count). The van der Waals surface area contributed by atoms with E-state index in [-0.39, 0.29) is 18.0 Å². The molecule has 0 bridgehead atoms. The SMILES string of the molecule is CCCC(N)CC(=O)NC(C)c1ccc2c(c1)CCCC2. The number of amides is 1. The molecule has 1 aliphatic rings. The smallest absolute Gasteiger partial charge is 0.222 e. The summed E-state index contributed by atoms with van der Waals surface area (Å²) in [7, 11) is 0. The highest BCUT2D eigenvalue weighted by Crippen LogP contribution is 2.24. The molecule has 1 amide bonds. The van der Waals surface area contributed by atoms with E-state index >= 15 is 0 Å². The second kappa shape index (κ2) is 7.60. The van der Waals surface area contributed by atoms with Gasteiger partial charge >= 0.3 is 0 Å². The van der Waals surface area contributed by atoms with E-state index in [9.17, 15) is 4.79 Å². The van der Waals surface area contributed by atoms with Crippen LogP contribution in [0, 0.1) is 0 Å². The molecule has 116 valence electrons. The van der Waals surface area contributed by atoms with Gasteiger partial charge in [-0.25, -0.2) is 0 Å². The first-order valence-corrected chi connectivity index (χ1v) is 8.26. The van der Waals surface area contributed by atoms with Crippen LogP contribution < -0.4 is 11.1 Å². The fraction of sp³-hybridized carbons (Fsp3) is 0.611. The van der Waals surface area contributed by atoms with Gasteiger partial charge in [-0.2, -0.15) is 0 Å². The van der Waals surface area contributed by atoms with Gasteiger partial charge in [0.1, 0.15) is 0 Å². The summed E-state index contributed by atoms with van der Waals surface area (Å²) in [4.78, 5) is 12.0. The maximum absolute atomic E-state index is 12.0. The number of aryl methyl sites for hydroxylation is 2. The highest BCUT2D eigenvalue weighted by molar-refractivity contribution is 5.77. The molecule has 3 heteroatoms. The third-order valence-electron chi connectivity index (χ3n) is 4.36. The molecule has 1 aromatic rings. The van der Waals surface area contributed by atoms with Gasteiger partial charge in [0, 0.05) is 12.5 Å². The number of nitrogens with two attached hydrogens (primary N) is 1. The number of hydrogen-bond donors (Lipinski definition) is 2. The number of hydrogen-bond acceptors (Lipinski definition) is 2. The molecule has 3 nitrogen and oxygen atoms in total. The summed E-state index contributed by atoms with van der Waals surface area (Å²) < 4.78 is 0. The molecule has 21 heavy (non-hydrogen) atoms. The molecule has 0 aromatic heterocycles. The highest BCUT2D eigenvalue weighted by Gasteiger charge is 2.15. The number of carbonyl (C=O) groups is 1. The van der Waals surface area contributed by atoms with Gasteiger partial charge in [0.2, 0.25) is 5.91 Å². The minimum absolute atomic E-state index is 0.0225. The Morgan fingerprint density at radius 3 is 2.71 bits per heavy atom. The zero-order valence-electron chi connectivity index (χ0n) is 13.3. The van der Waals surface area contributed by atoms with Crippen LogP contribution in [0.1, 0.15) is 68.7 Å². The Hall–Kier alpha value is -1.35. The van der Waals surface area contributed by atoms with Crippen LogP contribution in [0.4, 0.5) is 0 Å². The standard InChI is InChI=1S/C18H28N2O/c1-3-6-17(19)12-18(21)20-13(2)15-10-9-14-7-4-5-8-16(14)11-15/h9-11,13,17H,3-8,12,19H2,1-2H3,(H,20,21). The van der Waals surface area contributed by atoms with Crippen molar-refractivity contribution < 1.29 is 4.79 Å². The van der Waals surface area contributed by atoms with Crippen molar-refractivity contribution in [1.29, 1.82) is 0 Å². The predicted octanol–water partition coefficient (Wildman–Crippen LogP) is 3.26. The molecule has 0 saturated heterocycles. The van der Waals surface area contributed by atoms with Crippen LogP contribution in [0.3, 0.4) is 0 Å².